The Morgan fingerprint density at radius 1 is 0.966 bits per heavy atom. The number of hydrogen-bond acceptors (Lipinski definition) is 4. The zero-order valence-corrected chi connectivity index (χ0v) is 16.9. The molecule has 2 aromatic carbocycles. The van der Waals surface area contributed by atoms with Gasteiger partial charge in [0, 0.05) is 25.2 Å². The molecule has 1 saturated carbocycles. The van der Waals surface area contributed by atoms with Crippen LogP contribution in [0.1, 0.15) is 46.0 Å². The molecule has 2 amide bonds. The van der Waals surface area contributed by atoms with Crippen molar-refractivity contribution in [2.75, 3.05) is 13.7 Å². The molecule has 0 radical (unpaired) electrons. The van der Waals surface area contributed by atoms with Gasteiger partial charge in [0.2, 0.25) is 0 Å². The molecular formula is C24H26N2O3. The molecule has 5 nitrogen and oxygen atoms in total. The normalized spacial score (nSPS) is 28.3. The van der Waals surface area contributed by atoms with Crippen LogP contribution in [0.4, 0.5) is 0 Å². The molecule has 5 heteroatoms. The molecule has 2 saturated heterocycles. The van der Waals surface area contributed by atoms with Gasteiger partial charge in [0.05, 0.1) is 18.2 Å². The van der Waals surface area contributed by atoms with Crippen molar-refractivity contribution in [2.45, 2.75) is 38.4 Å². The Balaban J connectivity index is 1.38. The van der Waals surface area contributed by atoms with Gasteiger partial charge >= 0.3 is 0 Å². The van der Waals surface area contributed by atoms with E-state index in [1.807, 2.05) is 24.3 Å². The average Bonchev–Trinajstić information content (AvgIpc) is 2.95. The molecule has 3 heterocycles. The highest BCUT2D eigenvalue weighted by Crippen LogP contribution is 2.47. The number of methoxy groups -OCH3 is 1. The zero-order valence-electron chi connectivity index (χ0n) is 16.9. The summed E-state index contributed by atoms with van der Waals surface area (Å²) in [7, 11) is 1.67. The monoisotopic (exact) mass is 390 g/mol. The second kappa shape index (κ2) is 6.99. The first-order valence-corrected chi connectivity index (χ1v) is 10.4. The van der Waals surface area contributed by atoms with Gasteiger partial charge in [-0.1, -0.05) is 31.2 Å². The lowest BCUT2D eigenvalue weighted by Gasteiger charge is -2.58. The quantitative estimate of drug-likeness (QED) is 0.732. The number of piperidine rings is 2. The molecule has 0 unspecified atom stereocenters. The third-order valence-corrected chi connectivity index (χ3v) is 7.17. The van der Waals surface area contributed by atoms with Gasteiger partial charge in [-0.05, 0) is 54.5 Å². The highest BCUT2D eigenvalue weighted by Gasteiger charge is 2.50. The predicted octanol–water partition coefficient (Wildman–Crippen LogP) is 3.59. The number of amides is 2. The smallest absolute Gasteiger partial charge is 0.261 e. The Hall–Kier alpha value is -2.66. The van der Waals surface area contributed by atoms with E-state index >= 15 is 0 Å². The summed E-state index contributed by atoms with van der Waals surface area (Å²) < 4.78 is 5.27. The largest absolute Gasteiger partial charge is 0.497 e. The van der Waals surface area contributed by atoms with E-state index in [1.165, 1.54) is 23.3 Å². The van der Waals surface area contributed by atoms with Crippen molar-refractivity contribution in [3.63, 3.8) is 0 Å². The first-order chi connectivity index (χ1) is 14.1. The van der Waals surface area contributed by atoms with Crippen molar-refractivity contribution >= 4 is 11.8 Å². The molecule has 2 atom stereocenters. The number of hydrogen-bond donors (Lipinski definition) is 0. The van der Waals surface area contributed by atoms with Crippen LogP contribution in [0.2, 0.25) is 0 Å². The van der Waals surface area contributed by atoms with E-state index in [0.717, 1.165) is 12.3 Å². The lowest BCUT2D eigenvalue weighted by molar-refractivity contribution is -0.0842. The van der Waals surface area contributed by atoms with Crippen LogP contribution in [0.25, 0.3) is 0 Å². The Morgan fingerprint density at radius 2 is 1.59 bits per heavy atom. The summed E-state index contributed by atoms with van der Waals surface area (Å²) in [6.07, 6.45) is 2.44. The van der Waals surface area contributed by atoms with E-state index < -0.39 is 0 Å². The molecule has 150 valence electrons. The molecule has 2 aromatic rings. The van der Waals surface area contributed by atoms with E-state index in [4.69, 9.17) is 4.74 Å². The maximum Gasteiger partial charge on any atom is 0.261 e. The Kier molecular flexibility index (Phi) is 4.43. The molecule has 0 aromatic heterocycles. The summed E-state index contributed by atoms with van der Waals surface area (Å²) in [5.41, 5.74) is 2.30. The van der Waals surface area contributed by atoms with Gasteiger partial charge in [0.25, 0.3) is 11.8 Å². The topological polar surface area (TPSA) is 49.9 Å². The summed E-state index contributed by atoms with van der Waals surface area (Å²) in [5.74, 6) is 1.71. The van der Waals surface area contributed by atoms with E-state index in [9.17, 15) is 9.59 Å². The third kappa shape index (κ3) is 2.96. The van der Waals surface area contributed by atoms with Crippen molar-refractivity contribution in [3.8, 4) is 5.75 Å². The minimum Gasteiger partial charge on any atom is -0.497 e. The first kappa shape index (κ1) is 18.4. The van der Waals surface area contributed by atoms with Crippen molar-refractivity contribution < 1.29 is 14.3 Å². The van der Waals surface area contributed by atoms with Gasteiger partial charge in [-0.3, -0.25) is 19.4 Å². The lowest BCUT2D eigenvalue weighted by Crippen LogP contribution is -2.63. The fourth-order valence-corrected chi connectivity index (χ4v) is 5.27. The van der Waals surface area contributed by atoms with Crippen LogP contribution in [0.3, 0.4) is 0 Å². The second-order valence-electron chi connectivity index (χ2n) is 8.60. The summed E-state index contributed by atoms with van der Waals surface area (Å²) in [5, 5.41) is 0. The second-order valence-corrected chi connectivity index (χ2v) is 8.60. The molecule has 0 N–H and O–H groups in total. The number of fused-ring (bicyclic) bond motifs is 3. The molecule has 3 fully saturated rings. The first-order valence-electron chi connectivity index (χ1n) is 10.4. The predicted molar refractivity (Wildman–Crippen MR) is 110 cm³/mol. The van der Waals surface area contributed by atoms with Gasteiger partial charge in [-0.25, -0.2) is 0 Å². The molecule has 1 aliphatic carbocycles. The van der Waals surface area contributed by atoms with E-state index in [2.05, 4.69) is 24.0 Å². The number of carbonyl (C=O) groups excluding carboxylic acids is 2. The highest BCUT2D eigenvalue weighted by molar-refractivity contribution is 6.21. The minimum absolute atomic E-state index is 0.151. The van der Waals surface area contributed by atoms with Gasteiger partial charge in [0.1, 0.15) is 5.75 Å². The van der Waals surface area contributed by atoms with Crippen molar-refractivity contribution in [1.29, 1.82) is 0 Å². The van der Waals surface area contributed by atoms with Crippen molar-refractivity contribution in [1.82, 2.24) is 9.80 Å². The van der Waals surface area contributed by atoms with Gasteiger partial charge in [-0.2, -0.15) is 0 Å². The fourth-order valence-electron chi connectivity index (χ4n) is 5.27. The van der Waals surface area contributed by atoms with Crippen LogP contribution in [0.5, 0.6) is 5.75 Å². The zero-order chi connectivity index (χ0) is 20.1. The van der Waals surface area contributed by atoms with Crippen LogP contribution in [-0.4, -0.2) is 47.4 Å². The number of rotatable bonds is 5. The molecule has 29 heavy (non-hydrogen) atoms. The summed E-state index contributed by atoms with van der Waals surface area (Å²) in [4.78, 5) is 29.8. The average molecular weight is 390 g/mol. The maximum atomic E-state index is 12.9. The minimum atomic E-state index is -0.151. The summed E-state index contributed by atoms with van der Waals surface area (Å²) >= 11 is 0. The lowest BCUT2D eigenvalue weighted by atomic mass is 9.64. The molecule has 2 bridgehead atoms. The summed E-state index contributed by atoms with van der Waals surface area (Å²) in [6, 6.07) is 16.1. The number of ether oxygens (including phenoxy) is 1. The fraction of sp³-hybridized carbons (Fsp3) is 0.417. The molecule has 0 spiro atoms. The molecule has 4 aliphatic rings. The van der Waals surface area contributed by atoms with E-state index in [-0.39, 0.29) is 17.9 Å². The molecule has 6 rings (SSSR count). The van der Waals surface area contributed by atoms with Crippen molar-refractivity contribution in [3.05, 3.63) is 65.2 Å². The van der Waals surface area contributed by atoms with Crippen LogP contribution in [0, 0.1) is 11.8 Å². The third-order valence-electron chi connectivity index (χ3n) is 7.17. The molecular weight excluding hydrogens is 364 g/mol. The Bertz CT molecular complexity index is 914. The Labute approximate surface area is 171 Å². The van der Waals surface area contributed by atoms with Crippen LogP contribution in [0.15, 0.2) is 48.5 Å². The van der Waals surface area contributed by atoms with Crippen LogP contribution < -0.4 is 4.74 Å². The van der Waals surface area contributed by atoms with Crippen LogP contribution in [-0.2, 0) is 6.54 Å². The Morgan fingerprint density at radius 3 is 2.17 bits per heavy atom. The number of benzene rings is 2. The van der Waals surface area contributed by atoms with Crippen molar-refractivity contribution in [2.24, 2.45) is 11.8 Å². The number of imide groups is 1. The van der Waals surface area contributed by atoms with Crippen LogP contribution >= 0.6 is 0 Å². The van der Waals surface area contributed by atoms with Gasteiger partial charge in [0.15, 0.2) is 0 Å². The number of carbonyl (C=O) groups is 2. The van der Waals surface area contributed by atoms with Gasteiger partial charge in [-0.15, -0.1) is 0 Å². The number of nitrogens with zero attached hydrogens (tertiary/aromatic N) is 2. The molecule has 3 aliphatic heterocycles. The highest BCUT2D eigenvalue weighted by atomic mass is 16.5. The van der Waals surface area contributed by atoms with E-state index in [1.54, 1.807) is 19.2 Å². The SMILES string of the molecule is COc1ccc(CN2C3CC(C3)[C@@H](C)[C@H]2CN2C(=O)c3ccccc3C2=O)cc1. The van der Waals surface area contributed by atoms with Gasteiger partial charge < -0.3 is 4.74 Å². The summed E-state index contributed by atoms with van der Waals surface area (Å²) in [6.45, 7) is 3.58. The maximum absolute atomic E-state index is 12.9. The standard InChI is InChI=1S/C24H26N2O3/c1-15-17-11-18(12-17)25(13-16-7-9-19(29-2)10-8-16)22(15)14-26-23(27)20-5-3-4-6-21(20)24(26)28/h3-10,15,17-18,22H,11-14H2,1-2H3/t15-,17?,18?,22-/m1/s1. The van der Waals surface area contributed by atoms with E-state index in [0.29, 0.717) is 35.5 Å².